The van der Waals surface area contributed by atoms with Gasteiger partial charge in [-0.15, -0.1) is 11.6 Å². The molecule has 2 nitrogen and oxygen atoms in total. The lowest BCUT2D eigenvalue weighted by atomic mass is 10.1. The molecule has 0 fully saturated rings. The predicted molar refractivity (Wildman–Crippen MR) is 87.1 cm³/mol. The third kappa shape index (κ3) is 3.12. The molecule has 3 aromatic rings. The van der Waals surface area contributed by atoms with Gasteiger partial charge in [-0.3, -0.25) is 4.98 Å². The third-order valence-corrected chi connectivity index (χ3v) is 3.88. The van der Waals surface area contributed by atoms with Gasteiger partial charge in [-0.05, 0) is 29.8 Å². The topological polar surface area (TPSA) is 22.1 Å². The first-order chi connectivity index (χ1) is 10.3. The molecule has 0 aliphatic carbocycles. The molecule has 0 saturated carbocycles. The van der Waals surface area contributed by atoms with Crippen molar-refractivity contribution in [1.82, 2.24) is 4.98 Å². The standard InChI is InChI=1S/C17H13Cl2NO/c18-10-12-5-6-17(15(19)9-12)21-11-13-7-8-20-16-4-2-1-3-14(13)16/h1-9H,10-11H2. The molecule has 0 aliphatic rings. The molecule has 21 heavy (non-hydrogen) atoms. The first kappa shape index (κ1) is 14.2. The SMILES string of the molecule is ClCc1ccc(OCc2ccnc3ccccc23)c(Cl)c1. The van der Waals surface area contributed by atoms with Crippen molar-refractivity contribution in [3.05, 3.63) is 70.9 Å². The molecule has 0 amide bonds. The summed E-state index contributed by atoms with van der Waals surface area (Å²) in [6.07, 6.45) is 1.79. The maximum Gasteiger partial charge on any atom is 0.138 e. The Labute approximate surface area is 133 Å². The highest BCUT2D eigenvalue weighted by atomic mass is 35.5. The van der Waals surface area contributed by atoms with Gasteiger partial charge in [0.1, 0.15) is 12.4 Å². The van der Waals surface area contributed by atoms with Crippen LogP contribution in [0.25, 0.3) is 10.9 Å². The van der Waals surface area contributed by atoms with Gasteiger partial charge in [0.25, 0.3) is 0 Å². The number of aromatic nitrogens is 1. The molecule has 3 rings (SSSR count). The molecule has 0 atom stereocenters. The van der Waals surface area contributed by atoms with Crippen LogP contribution in [0.5, 0.6) is 5.75 Å². The van der Waals surface area contributed by atoms with Crippen molar-refractivity contribution in [3.63, 3.8) is 0 Å². The van der Waals surface area contributed by atoms with Crippen molar-refractivity contribution in [1.29, 1.82) is 0 Å². The number of alkyl halides is 1. The van der Waals surface area contributed by atoms with Gasteiger partial charge in [-0.2, -0.15) is 0 Å². The summed E-state index contributed by atoms with van der Waals surface area (Å²) in [7, 11) is 0. The van der Waals surface area contributed by atoms with Crippen LogP contribution < -0.4 is 4.74 Å². The first-order valence-electron chi connectivity index (χ1n) is 6.58. The predicted octanol–water partition coefficient (Wildman–Crippen LogP) is 5.21. The number of para-hydroxylation sites is 1. The van der Waals surface area contributed by atoms with Crippen molar-refractivity contribution >= 4 is 34.1 Å². The molecular weight excluding hydrogens is 305 g/mol. The lowest BCUT2D eigenvalue weighted by Crippen LogP contribution is -1.98. The van der Waals surface area contributed by atoms with Crippen LogP contribution in [0.1, 0.15) is 11.1 Å². The van der Waals surface area contributed by atoms with Gasteiger partial charge in [0.05, 0.1) is 10.5 Å². The summed E-state index contributed by atoms with van der Waals surface area (Å²) in [4.78, 5) is 4.34. The molecule has 4 heteroatoms. The Bertz CT molecular complexity index is 768. The summed E-state index contributed by atoms with van der Waals surface area (Å²) in [6, 6.07) is 15.6. The molecule has 1 aromatic heterocycles. The van der Waals surface area contributed by atoms with E-state index in [9.17, 15) is 0 Å². The van der Waals surface area contributed by atoms with E-state index in [4.69, 9.17) is 27.9 Å². The van der Waals surface area contributed by atoms with Gasteiger partial charge in [0.2, 0.25) is 0 Å². The lowest BCUT2D eigenvalue weighted by molar-refractivity contribution is 0.308. The third-order valence-electron chi connectivity index (χ3n) is 3.27. The number of rotatable bonds is 4. The number of pyridine rings is 1. The summed E-state index contributed by atoms with van der Waals surface area (Å²) >= 11 is 12.0. The normalized spacial score (nSPS) is 10.8. The Morgan fingerprint density at radius 1 is 1.05 bits per heavy atom. The minimum atomic E-state index is 0.439. The summed E-state index contributed by atoms with van der Waals surface area (Å²) in [5.74, 6) is 1.10. The minimum Gasteiger partial charge on any atom is -0.487 e. The van der Waals surface area contributed by atoms with Crippen molar-refractivity contribution in [2.45, 2.75) is 12.5 Å². The van der Waals surface area contributed by atoms with Crippen LogP contribution >= 0.6 is 23.2 Å². The van der Waals surface area contributed by atoms with E-state index < -0.39 is 0 Å². The number of hydrogen-bond acceptors (Lipinski definition) is 2. The number of ether oxygens (including phenoxy) is 1. The zero-order valence-electron chi connectivity index (χ0n) is 11.2. The van der Waals surface area contributed by atoms with E-state index in [0.717, 1.165) is 22.0 Å². The average Bonchev–Trinajstić information content (AvgIpc) is 2.53. The van der Waals surface area contributed by atoms with Crippen molar-refractivity contribution in [3.8, 4) is 5.75 Å². The molecular formula is C17H13Cl2NO. The van der Waals surface area contributed by atoms with Crippen LogP contribution in [0.4, 0.5) is 0 Å². The van der Waals surface area contributed by atoms with E-state index in [0.29, 0.717) is 23.3 Å². The minimum absolute atomic E-state index is 0.439. The summed E-state index contributed by atoms with van der Waals surface area (Å²) < 4.78 is 5.83. The Kier molecular flexibility index (Phi) is 4.28. The first-order valence-corrected chi connectivity index (χ1v) is 7.49. The summed E-state index contributed by atoms with van der Waals surface area (Å²) in [5.41, 5.74) is 3.02. The van der Waals surface area contributed by atoms with Crippen LogP contribution in [0.2, 0.25) is 5.02 Å². The van der Waals surface area contributed by atoms with Crippen molar-refractivity contribution < 1.29 is 4.74 Å². The van der Waals surface area contributed by atoms with Crippen LogP contribution in [-0.2, 0) is 12.5 Å². The number of fused-ring (bicyclic) bond motifs is 1. The van der Waals surface area contributed by atoms with Gasteiger partial charge >= 0.3 is 0 Å². The van der Waals surface area contributed by atoms with Gasteiger partial charge in [0.15, 0.2) is 0 Å². The van der Waals surface area contributed by atoms with Crippen LogP contribution in [0, 0.1) is 0 Å². The van der Waals surface area contributed by atoms with E-state index >= 15 is 0 Å². The molecule has 0 spiro atoms. The molecule has 0 saturated heterocycles. The van der Waals surface area contributed by atoms with E-state index in [1.165, 1.54) is 0 Å². The highest BCUT2D eigenvalue weighted by Gasteiger charge is 2.06. The second-order valence-corrected chi connectivity index (χ2v) is 5.35. The average molecular weight is 318 g/mol. The fourth-order valence-corrected chi connectivity index (χ4v) is 2.60. The fourth-order valence-electron chi connectivity index (χ4n) is 2.18. The zero-order valence-corrected chi connectivity index (χ0v) is 12.7. The summed E-state index contributed by atoms with van der Waals surface area (Å²) in [5, 5.41) is 1.67. The number of benzene rings is 2. The number of nitrogens with zero attached hydrogens (tertiary/aromatic N) is 1. The van der Waals surface area contributed by atoms with Gasteiger partial charge < -0.3 is 4.74 Å². The molecule has 0 N–H and O–H groups in total. The maximum atomic E-state index is 6.20. The highest BCUT2D eigenvalue weighted by Crippen LogP contribution is 2.27. The van der Waals surface area contributed by atoms with E-state index in [1.807, 2.05) is 48.5 Å². The second-order valence-electron chi connectivity index (χ2n) is 4.67. The molecule has 1 heterocycles. The van der Waals surface area contributed by atoms with Crippen LogP contribution in [0.3, 0.4) is 0 Å². The smallest absolute Gasteiger partial charge is 0.138 e. The Morgan fingerprint density at radius 2 is 1.90 bits per heavy atom. The number of halogens is 2. The lowest BCUT2D eigenvalue weighted by Gasteiger charge is -2.10. The molecule has 106 valence electrons. The molecule has 0 aliphatic heterocycles. The van der Waals surface area contributed by atoms with E-state index in [2.05, 4.69) is 4.98 Å². The zero-order chi connectivity index (χ0) is 14.7. The quantitative estimate of drug-likeness (QED) is 0.616. The van der Waals surface area contributed by atoms with Crippen molar-refractivity contribution in [2.75, 3.05) is 0 Å². The van der Waals surface area contributed by atoms with Crippen LogP contribution in [0.15, 0.2) is 54.7 Å². The number of hydrogen-bond donors (Lipinski definition) is 0. The van der Waals surface area contributed by atoms with Crippen molar-refractivity contribution in [2.24, 2.45) is 0 Å². The monoisotopic (exact) mass is 317 g/mol. The van der Waals surface area contributed by atoms with Crippen LogP contribution in [-0.4, -0.2) is 4.98 Å². The highest BCUT2D eigenvalue weighted by molar-refractivity contribution is 6.32. The maximum absolute atomic E-state index is 6.20. The molecule has 0 bridgehead atoms. The summed E-state index contributed by atoms with van der Waals surface area (Å²) in [6.45, 7) is 0.447. The van der Waals surface area contributed by atoms with Gasteiger partial charge in [-0.25, -0.2) is 0 Å². The molecule has 0 unspecified atom stereocenters. The molecule has 0 radical (unpaired) electrons. The largest absolute Gasteiger partial charge is 0.487 e. The van der Waals surface area contributed by atoms with Gasteiger partial charge in [-0.1, -0.05) is 35.9 Å². The second kappa shape index (κ2) is 6.33. The Morgan fingerprint density at radius 3 is 2.71 bits per heavy atom. The van der Waals surface area contributed by atoms with E-state index in [1.54, 1.807) is 6.20 Å². The van der Waals surface area contributed by atoms with Gasteiger partial charge in [0, 0.05) is 23.0 Å². The molecule has 2 aromatic carbocycles. The Hall–Kier alpha value is -1.77. The fraction of sp³-hybridized carbons (Fsp3) is 0.118. The van der Waals surface area contributed by atoms with E-state index in [-0.39, 0.29) is 0 Å². The Balaban J connectivity index is 1.84.